The van der Waals surface area contributed by atoms with Crippen molar-refractivity contribution in [2.45, 2.75) is 32.4 Å². The third kappa shape index (κ3) is 5.85. The van der Waals surface area contributed by atoms with Crippen molar-refractivity contribution in [1.29, 1.82) is 0 Å². The highest BCUT2D eigenvalue weighted by atomic mass is 19.4. The maximum Gasteiger partial charge on any atom is 0.416 e. The molecule has 0 spiro atoms. The van der Waals surface area contributed by atoms with Gasteiger partial charge >= 0.3 is 12.1 Å². The zero-order valence-corrected chi connectivity index (χ0v) is 16.9. The number of alkyl halides is 3. The number of aliphatic carboxylic acids is 1. The highest BCUT2D eigenvalue weighted by Crippen LogP contribution is 2.35. The Bertz CT molecular complexity index is 996. The second kappa shape index (κ2) is 9.51. The van der Waals surface area contributed by atoms with Gasteiger partial charge in [0, 0.05) is 12.0 Å². The summed E-state index contributed by atoms with van der Waals surface area (Å²) in [5.41, 5.74) is 1.55. The van der Waals surface area contributed by atoms with Gasteiger partial charge in [0.2, 0.25) is 0 Å². The number of benzene rings is 2. The van der Waals surface area contributed by atoms with Gasteiger partial charge in [0.05, 0.1) is 18.8 Å². The Hall–Kier alpha value is -2.87. The molecular formula is C23H22F4O4. The maximum absolute atomic E-state index is 14.4. The molecule has 0 atom stereocenters. The number of rotatable bonds is 7. The average molecular weight is 438 g/mol. The van der Waals surface area contributed by atoms with E-state index < -0.39 is 24.1 Å². The van der Waals surface area contributed by atoms with Crippen LogP contribution in [-0.2, 0) is 22.1 Å². The summed E-state index contributed by atoms with van der Waals surface area (Å²) in [4.78, 5) is 10.7. The summed E-state index contributed by atoms with van der Waals surface area (Å²) in [5.74, 6) is -1.55. The average Bonchev–Trinajstić information content (AvgIpc) is 2.70. The summed E-state index contributed by atoms with van der Waals surface area (Å²) in [7, 11) is 0. The van der Waals surface area contributed by atoms with Gasteiger partial charge < -0.3 is 14.6 Å². The van der Waals surface area contributed by atoms with E-state index in [-0.39, 0.29) is 36.8 Å². The number of hydrogen-bond acceptors (Lipinski definition) is 3. The number of carboxylic acids is 1. The molecule has 1 aliphatic rings. The zero-order valence-electron chi connectivity index (χ0n) is 16.9. The molecule has 0 amide bonds. The van der Waals surface area contributed by atoms with E-state index in [1.54, 1.807) is 19.1 Å². The van der Waals surface area contributed by atoms with Crippen LogP contribution in [0.15, 0.2) is 42.0 Å². The lowest BCUT2D eigenvalue weighted by atomic mass is 9.96. The topological polar surface area (TPSA) is 55.8 Å². The number of hydrogen-bond donors (Lipinski definition) is 1. The zero-order chi connectivity index (χ0) is 22.6. The number of halogens is 4. The highest BCUT2D eigenvalue weighted by molar-refractivity contribution is 5.71. The SMILES string of the molecule is Cc1ccc(C2=C(COc3ccc(CCC(=O)O)c(C(F)(F)F)c3)CCOC2)c(F)c1. The minimum Gasteiger partial charge on any atom is -0.489 e. The van der Waals surface area contributed by atoms with Gasteiger partial charge in [0.25, 0.3) is 0 Å². The normalized spacial score (nSPS) is 14.6. The van der Waals surface area contributed by atoms with Crippen molar-refractivity contribution < 1.29 is 36.9 Å². The van der Waals surface area contributed by atoms with E-state index in [2.05, 4.69) is 0 Å². The Morgan fingerprint density at radius 1 is 1.19 bits per heavy atom. The third-order valence-corrected chi connectivity index (χ3v) is 5.08. The van der Waals surface area contributed by atoms with Gasteiger partial charge in [-0.1, -0.05) is 18.2 Å². The molecule has 0 saturated carbocycles. The van der Waals surface area contributed by atoms with Crippen LogP contribution < -0.4 is 4.74 Å². The van der Waals surface area contributed by atoms with Gasteiger partial charge in [-0.15, -0.1) is 0 Å². The molecule has 2 aromatic rings. The van der Waals surface area contributed by atoms with Crippen molar-refractivity contribution in [2.24, 2.45) is 0 Å². The second-order valence-corrected chi connectivity index (χ2v) is 7.37. The lowest BCUT2D eigenvalue weighted by Crippen LogP contribution is -2.16. The first-order valence-electron chi connectivity index (χ1n) is 9.75. The van der Waals surface area contributed by atoms with Crippen LogP contribution in [0.5, 0.6) is 5.75 Å². The van der Waals surface area contributed by atoms with Gasteiger partial charge in [-0.25, -0.2) is 4.39 Å². The first-order chi connectivity index (χ1) is 14.6. The number of aryl methyl sites for hydroxylation is 2. The molecule has 0 aliphatic carbocycles. The molecule has 0 bridgehead atoms. The fourth-order valence-electron chi connectivity index (χ4n) is 3.45. The van der Waals surface area contributed by atoms with Crippen LogP contribution in [0.2, 0.25) is 0 Å². The molecule has 4 nitrogen and oxygen atoms in total. The molecule has 3 rings (SSSR count). The van der Waals surface area contributed by atoms with E-state index in [9.17, 15) is 22.4 Å². The van der Waals surface area contributed by atoms with Crippen LogP contribution in [-0.4, -0.2) is 30.9 Å². The van der Waals surface area contributed by atoms with E-state index in [0.29, 0.717) is 24.2 Å². The van der Waals surface area contributed by atoms with Crippen molar-refractivity contribution >= 4 is 11.5 Å². The molecule has 0 fully saturated rings. The third-order valence-electron chi connectivity index (χ3n) is 5.08. The Morgan fingerprint density at radius 3 is 2.65 bits per heavy atom. The van der Waals surface area contributed by atoms with E-state index in [1.807, 2.05) is 0 Å². The van der Waals surface area contributed by atoms with E-state index in [0.717, 1.165) is 17.2 Å². The van der Waals surface area contributed by atoms with Gasteiger partial charge in [0.15, 0.2) is 0 Å². The van der Waals surface area contributed by atoms with Gasteiger partial charge in [-0.2, -0.15) is 13.2 Å². The predicted molar refractivity (Wildman–Crippen MR) is 106 cm³/mol. The standard InChI is InChI=1S/C23H22F4O4/c1-14-2-6-18(21(24)10-14)19-13-30-9-8-16(19)12-31-17-5-3-15(4-7-22(28)29)20(11-17)23(25,26)27/h2-3,5-6,10-11H,4,7-9,12-13H2,1H3,(H,28,29). The molecule has 1 N–H and O–H groups in total. The Kier molecular flexibility index (Phi) is 7.00. The molecule has 1 aliphatic heterocycles. The summed E-state index contributed by atoms with van der Waals surface area (Å²) >= 11 is 0. The molecule has 0 aromatic heterocycles. The maximum atomic E-state index is 14.4. The van der Waals surface area contributed by atoms with Gasteiger partial charge in [-0.05, 0) is 60.2 Å². The largest absolute Gasteiger partial charge is 0.489 e. The summed E-state index contributed by atoms with van der Waals surface area (Å²) in [6, 6.07) is 8.36. The second-order valence-electron chi connectivity index (χ2n) is 7.37. The Morgan fingerprint density at radius 2 is 1.97 bits per heavy atom. The van der Waals surface area contributed by atoms with Crippen molar-refractivity contribution in [2.75, 3.05) is 19.8 Å². The monoisotopic (exact) mass is 438 g/mol. The molecule has 166 valence electrons. The lowest BCUT2D eigenvalue weighted by molar-refractivity contribution is -0.140. The van der Waals surface area contributed by atoms with Crippen molar-refractivity contribution in [3.63, 3.8) is 0 Å². The summed E-state index contributed by atoms with van der Waals surface area (Å²) in [6.07, 6.45) is -4.79. The van der Waals surface area contributed by atoms with Crippen LogP contribution in [0, 0.1) is 12.7 Å². The van der Waals surface area contributed by atoms with E-state index in [4.69, 9.17) is 14.6 Å². The Labute approximate surface area is 177 Å². The van der Waals surface area contributed by atoms with E-state index >= 15 is 0 Å². The van der Waals surface area contributed by atoms with Crippen LogP contribution in [0.25, 0.3) is 5.57 Å². The smallest absolute Gasteiger partial charge is 0.416 e. The number of carbonyl (C=O) groups is 1. The predicted octanol–water partition coefficient (Wildman–Crippen LogP) is 5.42. The van der Waals surface area contributed by atoms with Crippen LogP contribution in [0.1, 0.15) is 35.1 Å². The highest BCUT2D eigenvalue weighted by Gasteiger charge is 2.34. The summed E-state index contributed by atoms with van der Waals surface area (Å²) in [6.45, 7) is 2.39. The van der Waals surface area contributed by atoms with Crippen molar-refractivity contribution in [1.82, 2.24) is 0 Å². The molecule has 0 unspecified atom stereocenters. The number of carboxylic acid groups (broad SMARTS) is 1. The summed E-state index contributed by atoms with van der Waals surface area (Å²) in [5, 5.41) is 8.76. The van der Waals surface area contributed by atoms with Crippen LogP contribution in [0.3, 0.4) is 0 Å². The summed E-state index contributed by atoms with van der Waals surface area (Å²) < 4.78 is 65.8. The molecule has 2 aromatic carbocycles. The molecule has 31 heavy (non-hydrogen) atoms. The van der Waals surface area contributed by atoms with Crippen LogP contribution in [0.4, 0.5) is 17.6 Å². The van der Waals surface area contributed by atoms with Crippen LogP contribution >= 0.6 is 0 Å². The molecule has 1 heterocycles. The fraction of sp³-hybridized carbons (Fsp3) is 0.348. The minimum absolute atomic E-state index is 0.00220. The first-order valence-corrected chi connectivity index (χ1v) is 9.75. The number of ether oxygens (including phenoxy) is 2. The van der Waals surface area contributed by atoms with Gasteiger partial charge in [0.1, 0.15) is 18.2 Å². The van der Waals surface area contributed by atoms with Crippen molar-refractivity contribution in [3.05, 3.63) is 70.0 Å². The van der Waals surface area contributed by atoms with Gasteiger partial charge in [-0.3, -0.25) is 4.79 Å². The minimum atomic E-state index is -4.64. The molecular weight excluding hydrogens is 416 g/mol. The van der Waals surface area contributed by atoms with E-state index in [1.165, 1.54) is 18.2 Å². The quantitative estimate of drug-likeness (QED) is 0.587. The molecule has 0 saturated heterocycles. The molecule has 0 radical (unpaired) electrons. The first kappa shape index (κ1) is 22.8. The van der Waals surface area contributed by atoms with Crippen molar-refractivity contribution in [3.8, 4) is 5.75 Å². The molecule has 8 heteroatoms. The Balaban J connectivity index is 1.84. The fourth-order valence-corrected chi connectivity index (χ4v) is 3.45. The lowest BCUT2D eigenvalue weighted by Gasteiger charge is -2.22.